The molecule has 1 aromatic carbocycles. The molecule has 1 aromatic rings. The van der Waals surface area contributed by atoms with E-state index in [-0.39, 0.29) is 6.10 Å². The van der Waals surface area contributed by atoms with Crippen LogP contribution < -0.4 is 10.1 Å². The maximum Gasteiger partial charge on any atom is 0.123 e. The first-order valence-corrected chi connectivity index (χ1v) is 5.55. The van der Waals surface area contributed by atoms with Crippen molar-refractivity contribution < 1.29 is 4.74 Å². The SMILES string of the molecule is CNCC(C)Oc1ccccc1C(C)C. The van der Waals surface area contributed by atoms with E-state index in [0.29, 0.717) is 5.92 Å². The van der Waals surface area contributed by atoms with Crippen LogP contribution >= 0.6 is 0 Å². The molecule has 1 rings (SSSR count). The summed E-state index contributed by atoms with van der Waals surface area (Å²) in [6.45, 7) is 7.32. The molecule has 0 aliphatic heterocycles. The molecule has 0 radical (unpaired) electrons. The van der Waals surface area contributed by atoms with Crippen molar-refractivity contribution in [2.75, 3.05) is 13.6 Å². The third-order valence-corrected chi connectivity index (χ3v) is 2.36. The topological polar surface area (TPSA) is 21.3 Å². The summed E-state index contributed by atoms with van der Waals surface area (Å²) in [5, 5.41) is 3.11. The van der Waals surface area contributed by atoms with Crippen LogP contribution in [0, 0.1) is 0 Å². The minimum absolute atomic E-state index is 0.204. The normalized spacial score (nSPS) is 12.9. The van der Waals surface area contributed by atoms with Gasteiger partial charge < -0.3 is 10.1 Å². The lowest BCUT2D eigenvalue weighted by Crippen LogP contribution is -2.26. The number of rotatable bonds is 5. The molecule has 0 saturated heterocycles. The summed E-state index contributed by atoms with van der Waals surface area (Å²) in [6, 6.07) is 8.26. The van der Waals surface area contributed by atoms with Gasteiger partial charge in [0.25, 0.3) is 0 Å². The van der Waals surface area contributed by atoms with E-state index >= 15 is 0 Å². The largest absolute Gasteiger partial charge is 0.489 e. The van der Waals surface area contributed by atoms with E-state index in [1.807, 2.05) is 19.2 Å². The van der Waals surface area contributed by atoms with Crippen molar-refractivity contribution in [1.29, 1.82) is 0 Å². The van der Waals surface area contributed by atoms with Crippen LogP contribution in [0.15, 0.2) is 24.3 Å². The average molecular weight is 207 g/mol. The van der Waals surface area contributed by atoms with Crippen LogP contribution in [-0.4, -0.2) is 19.7 Å². The average Bonchev–Trinajstić information content (AvgIpc) is 2.18. The first kappa shape index (κ1) is 12.1. The highest BCUT2D eigenvalue weighted by Crippen LogP contribution is 2.26. The molecule has 0 aliphatic rings. The Morgan fingerprint density at radius 1 is 1.20 bits per heavy atom. The molecule has 2 nitrogen and oxygen atoms in total. The first-order chi connectivity index (χ1) is 7.15. The fourth-order valence-corrected chi connectivity index (χ4v) is 1.61. The minimum atomic E-state index is 0.204. The zero-order valence-corrected chi connectivity index (χ0v) is 10.1. The monoisotopic (exact) mass is 207 g/mol. The molecule has 0 bridgehead atoms. The van der Waals surface area contributed by atoms with Crippen molar-refractivity contribution in [2.45, 2.75) is 32.8 Å². The van der Waals surface area contributed by atoms with Crippen molar-refractivity contribution in [2.24, 2.45) is 0 Å². The number of hydrogen-bond acceptors (Lipinski definition) is 2. The van der Waals surface area contributed by atoms with Crippen LogP contribution in [0.4, 0.5) is 0 Å². The smallest absolute Gasteiger partial charge is 0.123 e. The highest BCUT2D eigenvalue weighted by Gasteiger charge is 2.09. The second-order valence-electron chi connectivity index (χ2n) is 4.18. The van der Waals surface area contributed by atoms with Gasteiger partial charge in [0.2, 0.25) is 0 Å². The lowest BCUT2D eigenvalue weighted by atomic mass is 10.0. The fourth-order valence-electron chi connectivity index (χ4n) is 1.61. The quantitative estimate of drug-likeness (QED) is 0.801. The summed E-state index contributed by atoms with van der Waals surface area (Å²) in [5.41, 5.74) is 1.28. The molecule has 0 aliphatic carbocycles. The van der Waals surface area contributed by atoms with Crippen LogP contribution in [0.3, 0.4) is 0 Å². The molecule has 1 unspecified atom stereocenters. The molecule has 84 valence electrons. The molecule has 1 N–H and O–H groups in total. The maximum absolute atomic E-state index is 5.88. The maximum atomic E-state index is 5.88. The lowest BCUT2D eigenvalue weighted by Gasteiger charge is -2.18. The summed E-state index contributed by atoms with van der Waals surface area (Å²) in [6.07, 6.45) is 0.204. The zero-order chi connectivity index (χ0) is 11.3. The molecule has 2 heteroatoms. The summed E-state index contributed by atoms with van der Waals surface area (Å²) < 4.78 is 5.88. The Bertz CT molecular complexity index is 296. The second kappa shape index (κ2) is 5.76. The van der Waals surface area contributed by atoms with Gasteiger partial charge in [0.05, 0.1) is 0 Å². The molecule has 1 atom stereocenters. The number of likely N-dealkylation sites (N-methyl/N-ethyl adjacent to an activating group) is 1. The summed E-state index contributed by atoms with van der Waals surface area (Å²) >= 11 is 0. The Labute approximate surface area is 92.6 Å². The van der Waals surface area contributed by atoms with Crippen molar-refractivity contribution >= 4 is 0 Å². The number of para-hydroxylation sites is 1. The molecule has 0 aromatic heterocycles. The standard InChI is InChI=1S/C13H21NO/c1-10(2)12-7-5-6-8-13(12)15-11(3)9-14-4/h5-8,10-11,14H,9H2,1-4H3. The lowest BCUT2D eigenvalue weighted by molar-refractivity contribution is 0.218. The number of ether oxygens (including phenoxy) is 1. The van der Waals surface area contributed by atoms with Gasteiger partial charge >= 0.3 is 0 Å². The first-order valence-electron chi connectivity index (χ1n) is 5.55. The molecule has 0 saturated carbocycles. The van der Waals surface area contributed by atoms with Crippen LogP contribution in [0.5, 0.6) is 5.75 Å². The van der Waals surface area contributed by atoms with E-state index in [2.05, 4.69) is 38.2 Å². The summed E-state index contributed by atoms with van der Waals surface area (Å²) in [5.74, 6) is 1.51. The predicted molar refractivity (Wildman–Crippen MR) is 64.5 cm³/mol. The van der Waals surface area contributed by atoms with Gasteiger partial charge in [-0.05, 0) is 31.5 Å². The Kier molecular flexibility index (Phi) is 4.63. The van der Waals surface area contributed by atoms with E-state index in [1.165, 1.54) is 5.56 Å². The van der Waals surface area contributed by atoms with E-state index in [9.17, 15) is 0 Å². The molecule has 15 heavy (non-hydrogen) atoms. The Morgan fingerprint density at radius 3 is 2.47 bits per heavy atom. The minimum Gasteiger partial charge on any atom is -0.489 e. The number of nitrogens with one attached hydrogen (secondary N) is 1. The number of hydrogen-bond donors (Lipinski definition) is 1. The molecule has 0 fully saturated rings. The number of benzene rings is 1. The third-order valence-electron chi connectivity index (χ3n) is 2.36. The zero-order valence-electron chi connectivity index (χ0n) is 10.1. The molecular formula is C13H21NO. The molecule has 0 spiro atoms. The van der Waals surface area contributed by atoms with E-state index in [4.69, 9.17) is 4.74 Å². The summed E-state index contributed by atoms with van der Waals surface area (Å²) in [4.78, 5) is 0. The van der Waals surface area contributed by atoms with Crippen molar-refractivity contribution in [3.05, 3.63) is 29.8 Å². The van der Waals surface area contributed by atoms with Crippen LogP contribution in [0.25, 0.3) is 0 Å². The van der Waals surface area contributed by atoms with Crippen molar-refractivity contribution in [1.82, 2.24) is 5.32 Å². The molecule has 0 amide bonds. The van der Waals surface area contributed by atoms with Gasteiger partial charge in [-0.25, -0.2) is 0 Å². The van der Waals surface area contributed by atoms with Crippen molar-refractivity contribution in [3.8, 4) is 5.75 Å². The van der Waals surface area contributed by atoms with Crippen molar-refractivity contribution in [3.63, 3.8) is 0 Å². The van der Waals surface area contributed by atoms with Crippen LogP contribution in [-0.2, 0) is 0 Å². The van der Waals surface area contributed by atoms with E-state index < -0.39 is 0 Å². The van der Waals surface area contributed by atoms with Gasteiger partial charge in [-0.1, -0.05) is 32.0 Å². The highest BCUT2D eigenvalue weighted by atomic mass is 16.5. The Morgan fingerprint density at radius 2 is 1.87 bits per heavy atom. The van der Waals surface area contributed by atoms with Gasteiger partial charge in [-0.15, -0.1) is 0 Å². The second-order valence-corrected chi connectivity index (χ2v) is 4.18. The van der Waals surface area contributed by atoms with Gasteiger partial charge in [0.15, 0.2) is 0 Å². The predicted octanol–water partition coefficient (Wildman–Crippen LogP) is 2.80. The molecular weight excluding hydrogens is 186 g/mol. The van der Waals surface area contributed by atoms with Gasteiger partial charge in [0.1, 0.15) is 11.9 Å². The third kappa shape index (κ3) is 3.56. The van der Waals surface area contributed by atoms with E-state index in [1.54, 1.807) is 0 Å². The Hall–Kier alpha value is -1.02. The summed E-state index contributed by atoms with van der Waals surface area (Å²) in [7, 11) is 1.94. The Balaban J connectivity index is 2.75. The van der Waals surface area contributed by atoms with Gasteiger partial charge in [-0.3, -0.25) is 0 Å². The van der Waals surface area contributed by atoms with Gasteiger partial charge in [-0.2, -0.15) is 0 Å². The van der Waals surface area contributed by atoms with E-state index in [0.717, 1.165) is 12.3 Å². The van der Waals surface area contributed by atoms with Gasteiger partial charge in [0, 0.05) is 6.54 Å². The molecule has 0 heterocycles. The fraction of sp³-hybridized carbons (Fsp3) is 0.538. The van der Waals surface area contributed by atoms with Crippen LogP contribution in [0.2, 0.25) is 0 Å². The van der Waals surface area contributed by atoms with Crippen LogP contribution in [0.1, 0.15) is 32.3 Å². The highest BCUT2D eigenvalue weighted by molar-refractivity contribution is 5.35.